The minimum Gasteiger partial charge on any atom is -0.492 e. The normalized spacial score (nSPS) is 12.5. The van der Waals surface area contributed by atoms with Gasteiger partial charge in [0.2, 0.25) is 5.91 Å². The zero-order valence-corrected chi connectivity index (χ0v) is 18.6. The van der Waals surface area contributed by atoms with Crippen LogP contribution in [0.5, 0.6) is 5.75 Å². The summed E-state index contributed by atoms with van der Waals surface area (Å²) in [7, 11) is -4.03. The van der Waals surface area contributed by atoms with Gasteiger partial charge in [-0.05, 0) is 56.2 Å². The van der Waals surface area contributed by atoms with Crippen LogP contribution in [-0.2, 0) is 14.8 Å². The first kappa shape index (κ1) is 23.0. The molecule has 0 heterocycles. The molecule has 0 fully saturated rings. The third-order valence-electron chi connectivity index (χ3n) is 4.51. The van der Waals surface area contributed by atoms with E-state index in [1.165, 1.54) is 24.3 Å². The lowest BCUT2D eigenvalue weighted by molar-refractivity contribution is -0.120. The number of amides is 1. The van der Waals surface area contributed by atoms with Gasteiger partial charge in [-0.2, -0.15) is 0 Å². The number of halogens is 1. The van der Waals surface area contributed by atoms with E-state index in [9.17, 15) is 13.2 Å². The van der Waals surface area contributed by atoms with Crippen molar-refractivity contribution in [1.82, 2.24) is 5.32 Å². The summed E-state index contributed by atoms with van der Waals surface area (Å²) < 4.78 is 33.5. The third kappa shape index (κ3) is 5.87. The zero-order chi connectivity index (χ0) is 21.6. The summed E-state index contributed by atoms with van der Waals surface area (Å²) in [5, 5.41) is 3.28. The van der Waals surface area contributed by atoms with Crippen molar-refractivity contribution in [3.05, 3.63) is 53.6 Å². The van der Waals surface area contributed by atoms with Crippen molar-refractivity contribution in [2.45, 2.75) is 38.6 Å². The Morgan fingerprint density at radius 3 is 2.31 bits per heavy atom. The molecule has 0 saturated carbocycles. The SMILES string of the molecule is CCOc1ccccc1N(CC(=O)N[C@@H](C)C(C)C)S(=O)(=O)c1ccc(Cl)cc1. The fourth-order valence-electron chi connectivity index (χ4n) is 2.57. The van der Waals surface area contributed by atoms with Gasteiger partial charge in [-0.25, -0.2) is 8.42 Å². The van der Waals surface area contributed by atoms with Crippen LogP contribution in [0.3, 0.4) is 0 Å². The third-order valence-corrected chi connectivity index (χ3v) is 6.54. The van der Waals surface area contributed by atoms with Gasteiger partial charge >= 0.3 is 0 Å². The highest BCUT2D eigenvalue weighted by atomic mass is 35.5. The number of hydrogen-bond donors (Lipinski definition) is 1. The van der Waals surface area contributed by atoms with Crippen LogP contribution in [0.1, 0.15) is 27.7 Å². The molecule has 0 saturated heterocycles. The maximum Gasteiger partial charge on any atom is 0.264 e. The van der Waals surface area contributed by atoms with E-state index in [0.29, 0.717) is 23.1 Å². The highest BCUT2D eigenvalue weighted by Gasteiger charge is 2.30. The fraction of sp³-hybridized carbons (Fsp3) is 0.381. The molecule has 0 aliphatic rings. The van der Waals surface area contributed by atoms with Crippen molar-refractivity contribution in [2.24, 2.45) is 5.92 Å². The Morgan fingerprint density at radius 1 is 1.10 bits per heavy atom. The van der Waals surface area contributed by atoms with Crippen molar-refractivity contribution in [2.75, 3.05) is 17.5 Å². The van der Waals surface area contributed by atoms with Crippen LogP contribution in [0.25, 0.3) is 0 Å². The summed E-state index contributed by atoms with van der Waals surface area (Å²) >= 11 is 5.90. The molecule has 0 spiro atoms. The van der Waals surface area contributed by atoms with E-state index in [1.54, 1.807) is 24.3 Å². The number of para-hydroxylation sites is 2. The molecular weight excluding hydrogens is 412 g/mol. The summed E-state index contributed by atoms with van der Waals surface area (Å²) in [5.41, 5.74) is 0.302. The second-order valence-corrected chi connectivity index (χ2v) is 9.27. The molecule has 1 amide bonds. The molecule has 29 heavy (non-hydrogen) atoms. The number of rotatable bonds is 9. The number of nitrogens with one attached hydrogen (secondary N) is 1. The first-order valence-corrected chi connectivity index (χ1v) is 11.3. The summed E-state index contributed by atoms with van der Waals surface area (Å²) in [6.07, 6.45) is 0. The van der Waals surface area contributed by atoms with E-state index < -0.39 is 15.9 Å². The number of benzene rings is 2. The lowest BCUT2D eigenvalue weighted by atomic mass is 10.1. The van der Waals surface area contributed by atoms with Gasteiger partial charge in [-0.3, -0.25) is 9.10 Å². The van der Waals surface area contributed by atoms with Gasteiger partial charge in [-0.1, -0.05) is 37.6 Å². The van der Waals surface area contributed by atoms with Crippen molar-refractivity contribution in [3.63, 3.8) is 0 Å². The van der Waals surface area contributed by atoms with Crippen molar-refractivity contribution in [3.8, 4) is 5.75 Å². The maximum absolute atomic E-state index is 13.4. The molecular formula is C21H27ClN2O4S. The van der Waals surface area contributed by atoms with Gasteiger partial charge in [0.15, 0.2) is 0 Å². The molecule has 8 heteroatoms. The average molecular weight is 439 g/mol. The van der Waals surface area contributed by atoms with Gasteiger partial charge in [-0.15, -0.1) is 0 Å². The highest BCUT2D eigenvalue weighted by molar-refractivity contribution is 7.92. The number of sulfonamides is 1. The molecule has 1 N–H and O–H groups in total. The second-order valence-electron chi connectivity index (χ2n) is 6.97. The predicted octanol–water partition coefficient (Wildman–Crippen LogP) is 4.09. The van der Waals surface area contributed by atoms with Crippen LogP contribution >= 0.6 is 11.6 Å². The number of carbonyl (C=O) groups is 1. The standard InChI is InChI=1S/C21H27ClN2O4S/c1-5-28-20-9-7-6-8-19(20)24(14-21(25)23-16(4)15(2)3)29(26,27)18-12-10-17(22)11-13-18/h6-13,15-16H,5,14H2,1-4H3,(H,23,25)/t16-/m0/s1. The van der Waals surface area contributed by atoms with Gasteiger partial charge < -0.3 is 10.1 Å². The average Bonchev–Trinajstić information content (AvgIpc) is 2.67. The number of carbonyl (C=O) groups excluding carboxylic acids is 1. The van der Waals surface area contributed by atoms with E-state index in [0.717, 1.165) is 4.31 Å². The fourth-order valence-corrected chi connectivity index (χ4v) is 4.13. The minimum absolute atomic E-state index is 0.0397. The van der Waals surface area contributed by atoms with E-state index in [2.05, 4.69) is 5.32 Å². The van der Waals surface area contributed by atoms with Crippen molar-refractivity contribution < 1.29 is 17.9 Å². The van der Waals surface area contributed by atoms with E-state index in [1.807, 2.05) is 27.7 Å². The summed E-state index contributed by atoms with van der Waals surface area (Å²) in [4.78, 5) is 12.7. The first-order chi connectivity index (χ1) is 13.7. The molecule has 6 nitrogen and oxygen atoms in total. The quantitative estimate of drug-likeness (QED) is 0.639. The second kappa shape index (κ2) is 9.98. The summed E-state index contributed by atoms with van der Waals surface area (Å²) in [6.45, 7) is 7.66. The topological polar surface area (TPSA) is 75.7 Å². The monoisotopic (exact) mass is 438 g/mol. The summed E-state index contributed by atoms with van der Waals surface area (Å²) in [5.74, 6) is 0.211. The molecule has 0 bridgehead atoms. The smallest absolute Gasteiger partial charge is 0.264 e. The van der Waals surface area contributed by atoms with Gasteiger partial charge in [0.25, 0.3) is 10.0 Å². The number of anilines is 1. The molecule has 0 unspecified atom stereocenters. The Kier molecular flexibility index (Phi) is 7.93. The lowest BCUT2D eigenvalue weighted by Gasteiger charge is -2.27. The molecule has 2 aromatic rings. The van der Waals surface area contributed by atoms with Crippen LogP contribution in [0.4, 0.5) is 5.69 Å². The minimum atomic E-state index is -4.03. The molecule has 2 aromatic carbocycles. The Morgan fingerprint density at radius 2 is 1.72 bits per heavy atom. The highest BCUT2D eigenvalue weighted by Crippen LogP contribution is 2.32. The van der Waals surface area contributed by atoms with Crippen LogP contribution < -0.4 is 14.4 Å². The molecule has 0 aliphatic carbocycles. The Hall–Kier alpha value is -2.25. The Bertz CT molecular complexity index is 930. The van der Waals surface area contributed by atoms with Crippen LogP contribution in [0.2, 0.25) is 5.02 Å². The molecule has 2 rings (SSSR count). The van der Waals surface area contributed by atoms with Crippen LogP contribution in [0, 0.1) is 5.92 Å². The molecule has 0 aromatic heterocycles. The first-order valence-electron chi connectivity index (χ1n) is 9.46. The van der Waals surface area contributed by atoms with E-state index >= 15 is 0 Å². The van der Waals surface area contributed by atoms with E-state index in [-0.39, 0.29) is 23.4 Å². The van der Waals surface area contributed by atoms with Crippen LogP contribution in [-0.4, -0.2) is 33.5 Å². The van der Waals surface area contributed by atoms with Gasteiger partial charge in [0.1, 0.15) is 12.3 Å². The van der Waals surface area contributed by atoms with Crippen molar-refractivity contribution >= 4 is 33.2 Å². The van der Waals surface area contributed by atoms with Crippen LogP contribution in [0.15, 0.2) is 53.4 Å². The molecule has 0 aliphatic heterocycles. The molecule has 1 atom stereocenters. The number of ether oxygens (including phenoxy) is 1. The van der Waals surface area contributed by atoms with Gasteiger partial charge in [0.05, 0.1) is 17.2 Å². The molecule has 158 valence electrons. The Labute approximate surface area is 177 Å². The summed E-state index contributed by atoms with van der Waals surface area (Å²) in [6, 6.07) is 12.5. The predicted molar refractivity (Wildman–Crippen MR) is 116 cm³/mol. The number of nitrogens with zero attached hydrogens (tertiary/aromatic N) is 1. The van der Waals surface area contributed by atoms with E-state index in [4.69, 9.17) is 16.3 Å². The zero-order valence-electron chi connectivity index (χ0n) is 17.1. The largest absolute Gasteiger partial charge is 0.492 e. The number of hydrogen-bond acceptors (Lipinski definition) is 4. The Balaban J connectivity index is 2.48. The molecule has 0 radical (unpaired) electrons. The van der Waals surface area contributed by atoms with Crippen molar-refractivity contribution in [1.29, 1.82) is 0 Å². The lowest BCUT2D eigenvalue weighted by Crippen LogP contribution is -2.45. The van der Waals surface area contributed by atoms with Gasteiger partial charge in [0, 0.05) is 11.1 Å². The maximum atomic E-state index is 13.4.